The first-order chi connectivity index (χ1) is 18.9. The van der Waals surface area contributed by atoms with Crippen molar-refractivity contribution in [1.29, 1.82) is 0 Å². The molecule has 13 heteroatoms. The van der Waals surface area contributed by atoms with Crippen molar-refractivity contribution in [3.8, 4) is 0 Å². The minimum absolute atomic E-state index is 0.214. The van der Waals surface area contributed by atoms with Crippen molar-refractivity contribution in [2.75, 3.05) is 5.73 Å². The van der Waals surface area contributed by atoms with Gasteiger partial charge in [0.25, 0.3) is 20.2 Å². The smallest absolute Gasteiger partial charge is 0.294 e. The Balaban J connectivity index is 1.56. The molecule has 11 nitrogen and oxygen atoms in total. The second-order valence-electron chi connectivity index (χ2n) is 8.90. The molecule has 0 fully saturated rings. The van der Waals surface area contributed by atoms with Crippen LogP contribution in [-0.4, -0.2) is 25.9 Å². The van der Waals surface area contributed by atoms with Crippen LogP contribution >= 0.6 is 0 Å². The number of azo groups is 2. The normalized spacial score (nSPS) is 12.7. The van der Waals surface area contributed by atoms with E-state index in [9.17, 15) is 25.9 Å². The van der Waals surface area contributed by atoms with Crippen LogP contribution in [0.4, 0.5) is 28.4 Å². The molecule has 0 spiro atoms. The van der Waals surface area contributed by atoms with Crippen molar-refractivity contribution in [3.63, 3.8) is 0 Å². The maximum absolute atomic E-state index is 11.8. The van der Waals surface area contributed by atoms with Crippen molar-refractivity contribution >= 4 is 70.2 Å². The minimum atomic E-state index is -4.48. The molecule has 0 unspecified atom stereocenters. The largest absolute Gasteiger partial charge is 0.399 e. The zero-order chi connectivity index (χ0) is 28.7. The van der Waals surface area contributed by atoms with Gasteiger partial charge in [-0.1, -0.05) is 18.2 Å². The second-order valence-corrected chi connectivity index (χ2v) is 11.7. The van der Waals surface area contributed by atoms with Crippen LogP contribution in [0.25, 0.3) is 21.5 Å². The summed E-state index contributed by atoms with van der Waals surface area (Å²) in [6.45, 7) is 1.84. The van der Waals surface area contributed by atoms with Gasteiger partial charge in [-0.25, -0.2) is 0 Å². The van der Waals surface area contributed by atoms with E-state index in [2.05, 4.69) is 20.5 Å². The lowest BCUT2D eigenvalue weighted by Crippen LogP contribution is -1.97. The van der Waals surface area contributed by atoms with Crippen LogP contribution in [0.3, 0.4) is 0 Å². The molecule has 40 heavy (non-hydrogen) atoms. The van der Waals surface area contributed by atoms with Crippen molar-refractivity contribution in [2.45, 2.75) is 16.7 Å². The molecule has 0 radical (unpaired) electrons. The van der Waals surface area contributed by atoms with Gasteiger partial charge in [0, 0.05) is 16.5 Å². The van der Waals surface area contributed by atoms with E-state index in [1.54, 1.807) is 54.6 Å². The zero-order valence-electron chi connectivity index (χ0n) is 20.8. The average molecular weight is 576 g/mol. The molecule has 202 valence electrons. The molecule has 0 aromatic heterocycles. The van der Waals surface area contributed by atoms with Gasteiger partial charge in [0.05, 0.1) is 32.5 Å². The van der Waals surface area contributed by atoms with Crippen LogP contribution < -0.4 is 5.73 Å². The molecule has 0 aliphatic heterocycles. The summed E-state index contributed by atoms with van der Waals surface area (Å²) >= 11 is 0. The Kier molecular flexibility index (Phi) is 6.89. The number of nitrogens with two attached hydrogens (primary N) is 1. The number of aryl methyl sites for hydroxylation is 1. The Morgan fingerprint density at radius 3 is 1.82 bits per heavy atom. The summed E-state index contributed by atoms with van der Waals surface area (Å²) in [6, 6.07) is 21.6. The molecule has 5 aromatic carbocycles. The van der Waals surface area contributed by atoms with E-state index in [-0.39, 0.29) is 9.79 Å². The lowest BCUT2D eigenvalue weighted by atomic mass is 10.1. The van der Waals surface area contributed by atoms with Gasteiger partial charge in [-0.2, -0.15) is 27.1 Å². The van der Waals surface area contributed by atoms with Gasteiger partial charge >= 0.3 is 0 Å². The summed E-state index contributed by atoms with van der Waals surface area (Å²) in [5, 5.41) is 19.4. The Morgan fingerprint density at radius 1 is 0.575 bits per heavy atom. The Labute approximate surface area is 229 Å². The third kappa shape index (κ3) is 5.72. The average Bonchev–Trinajstić information content (AvgIpc) is 2.90. The Bertz CT molecular complexity index is 2090. The number of anilines is 1. The number of rotatable bonds is 6. The van der Waals surface area contributed by atoms with Gasteiger partial charge in [-0.15, -0.1) is 10.2 Å². The highest BCUT2D eigenvalue weighted by Crippen LogP contribution is 2.37. The summed E-state index contributed by atoms with van der Waals surface area (Å²) in [7, 11) is -8.81. The van der Waals surface area contributed by atoms with E-state index in [0.717, 1.165) is 5.56 Å². The molecule has 0 aliphatic carbocycles. The summed E-state index contributed by atoms with van der Waals surface area (Å²) < 4.78 is 65.3. The topological polar surface area (TPSA) is 184 Å². The van der Waals surface area contributed by atoms with Crippen LogP contribution in [0.5, 0.6) is 0 Å². The highest BCUT2D eigenvalue weighted by Gasteiger charge is 2.14. The van der Waals surface area contributed by atoms with Crippen LogP contribution in [0.1, 0.15) is 5.56 Å². The van der Waals surface area contributed by atoms with Gasteiger partial charge < -0.3 is 5.73 Å². The van der Waals surface area contributed by atoms with Crippen molar-refractivity contribution in [3.05, 3.63) is 90.5 Å². The SMILES string of the molecule is Cc1cc(N)ccc1/N=N/c1ccc(/N=N/c2ccc3cc(S(=O)(=O)O)ccc3c2)c2ccc(S(=O)(=O)O)cc12. The number of nitrogen functional groups attached to an aromatic ring is 1. The molecule has 0 bridgehead atoms. The number of hydrogen-bond acceptors (Lipinski definition) is 9. The maximum atomic E-state index is 11.8. The first kappa shape index (κ1) is 27.0. The molecule has 0 heterocycles. The van der Waals surface area contributed by atoms with Gasteiger partial charge in [-0.05, 0) is 90.0 Å². The van der Waals surface area contributed by atoms with Crippen molar-refractivity contribution < 1.29 is 25.9 Å². The molecule has 0 aliphatic rings. The van der Waals surface area contributed by atoms with E-state index < -0.39 is 20.2 Å². The first-order valence-electron chi connectivity index (χ1n) is 11.6. The summed E-state index contributed by atoms with van der Waals surface area (Å²) in [5.41, 5.74) is 8.99. The zero-order valence-corrected chi connectivity index (χ0v) is 22.4. The molecule has 4 N–H and O–H groups in total. The standard InChI is InChI=1S/C27H21N5O6S2/c1-16-12-19(28)4-9-25(16)30-32-27-11-10-26(23-8-7-22(15-24(23)27)40(36,37)38)31-29-20-5-2-18-14-21(39(33,34)35)6-3-17(18)13-20/h2-15H,28H2,1H3,(H,33,34,35)(H,36,37,38)/b31-29+,32-30+. The predicted molar refractivity (Wildman–Crippen MR) is 151 cm³/mol. The Morgan fingerprint density at radius 2 is 1.12 bits per heavy atom. The fourth-order valence-corrected chi connectivity index (χ4v) is 5.10. The van der Waals surface area contributed by atoms with E-state index in [1.165, 1.54) is 30.3 Å². The fourth-order valence-electron chi connectivity index (χ4n) is 4.07. The van der Waals surface area contributed by atoms with Crippen LogP contribution in [0.15, 0.2) is 115 Å². The molecule has 5 rings (SSSR count). The second kappa shape index (κ2) is 10.2. The number of fused-ring (bicyclic) bond motifs is 2. The molecule has 5 aromatic rings. The van der Waals surface area contributed by atoms with Crippen molar-refractivity contribution in [1.82, 2.24) is 0 Å². The predicted octanol–water partition coefficient (Wildman–Crippen LogP) is 7.21. The lowest BCUT2D eigenvalue weighted by Gasteiger charge is -2.07. The van der Waals surface area contributed by atoms with Gasteiger partial charge in [-0.3, -0.25) is 9.11 Å². The molecule has 0 amide bonds. The van der Waals surface area contributed by atoms with E-state index in [4.69, 9.17) is 5.73 Å². The highest BCUT2D eigenvalue weighted by atomic mass is 32.2. The molecule has 0 atom stereocenters. The first-order valence-corrected chi connectivity index (χ1v) is 14.5. The highest BCUT2D eigenvalue weighted by molar-refractivity contribution is 7.86. The maximum Gasteiger partial charge on any atom is 0.294 e. The lowest BCUT2D eigenvalue weighted by molar-refractivity contribution is 0.481. The van der Waals surface area contributed by atoms with Crippen LogP contribution in [-0.2, 0) is 20.2 Å². The number of hydrogen-bond donors (Lipinski definition) is 3. The summed E-state index contributed by atoms with van der Waals surface area (Å²) in [4.78, 5) is -0.526. The molecular weight excluding hydrogens is 554 g/mol. The Hall–Kier alpha value is -4.56. The summed E-state index contributed by atoms with van der Waals surface area (Å²) in [6.07, 6.45) is 0. The third-order valence-corrected chi connectivity index (χ3v) is 7.79. The minimum Gasteiger partial charge on any atom is -0.399 e. The number of nitrogens with zero attached hydrogens (tertiary/aromatic N) is 4. The van der Waals surface area contributed by atoms with E-state index in [1.807, 2.05) is 6.92 Å². The van der Waals surface area contributed by atoms with Gasteiger partial charge in [0.1, 0.15) is 0 Å². The number of benzene rings is 5. The van der Waals surface area contributed by atoms with Crippen LogP contribution in [0.2, 0.25) is 0 Å². The van der Waals surface area contributed by atoms with Gasteiger partial charge in [0.2, 0.25) is 0 Å². The monoisotopic (exact) mass is 575 g/mol. The molecule has 0 saturated heterocycles. The van der Waals surface area contributed by atoms with E-state index in [0.29, 0.717) is 50.0 Å². The van der Waals surface area contributed by atoms with Crippen LogP contribution in [0, 0.1) is 6.92 Å². The van der Waals surface area contributed by atoms with Crippen molar-refractivity contribution in [2.24, 2.45) is 20.5 Å². The summed E-state index contributed by atoms with van der Waals surface area (Å²) in [5.74, 6) is 0. The third-order valence-electron chi connectivity index (χ3n) is 6.09. The fraction of sp³-hybridized carbons (Fsp3) is 0.0370. The molecule has 0 saturated carbocycles. The molecular formula is C27H21N5O6S2. The quantitative estimate of drug-likeness (QED) is 0.108. The van der Waals surface area contributed by atoms with Gasteiger partial charge in [0.15, 0.2) is 0 Å². The van der Waals surface area contributed by atoms with E-state index >= 15 is 0 Å².